The highest BCUT2D eigenvalue weighted by molar-refractivity contribution is 8.00. The number of benzene rings is 1. The van der Waals surface area contributed by atoms with Gasteiger partial charge in [0.15, 0.2) is 16.7 Å². The van der Waals surface area contributed by atoms with Gasteiger partial charge in [-0.15, -0.1) is 11.3 Å². The highest BCUT2D eigenvalue weighted by atomic mass is 32.2. The molecule has 0 fully saturated rings. The molecule has 7 nitrogen and oxygen atoms in total. The van der Waals surface area contributed by atoms with E-state index in [2.05, 4.69) is 10.3 Å². The minimum Gasteiger partial charge on any atom is -0.486 e. The van der Waals surface area contributed by atoms with Gasteiger partial charge in [0.1, 0.15) is 18.0 Å². The van der Waals surface area contributed by atoms with Crippen LogP contribution >= 0.6 is 23.1 Å². The molecule has 0 aliphatic carbocycles. The van der Waals surface area contributed by atoms with Crippen molar-refractivity contribution in [1.82, 2.24) is 9.55 Å². The molecule has 152 valence electrons. The van der Waals surface area contributed by atoms with Gasteiger partial charge in [0.05, 0.1) is 10.6 Å². The van der Waals surface area contributed by atoms with E-state index in [-0.39, 0.29) is 11.5 Å². The van der Waals surface area contributed by atoms with Crippen LogP contribution in [-0.2, 0) is 11.8 Å². The molecule has 29 heavy (non-hydrogen) atoms. The number of ether oxygens (including phenoxy) is 2. The van der Waals surface area contributed by atoms with E-state index in [4.69, 9.17) is 9.47 Å². The molecule has 0 spiro atoms. The normalized spacial score (nSPS) is 14.1. The molecule has 1 atom stereocenters. The maximum absolute atomic E-state index is 12.8. The lowest BCUT2D eigenvalue weighted by atomic mass is 10.2. The molecular formula is C20H21N3O4S2. The molecule has 1 N–H and O–H groups in total. The Labute approximate surface area is 176 Å². The zero-order valence-electron chi connectivity index (χ0n) is 16.6. The van der Waals surface area contributed by atoms with Gasteiger partial charge >= 0.3 is 0 Å². The van der Waals surface area contributed by atoms with Crippen molar-refractivity contribution in [3.8, 4) is 11.5 Å². The van der Waals surface area contributed by atoms with Gasteiger partial charge in [-0.05, 0) is 38.5 Å². The summed E-state index contributed by atoms with van der Waals surface area (Å²) in [6.45, 7) is 6.72. The average Bonchev–Trinajstić information content (AvgIpc) is 2.99. The Bertz CT molecular complexity index is 1170. The lowest BCUT2D eigenvalue weighted by Gasteiger charge is -2.19. The first-order valence-corrected chi connectivity index (χ1v) is 10.9. The van der Waals surface area contributed by atoms with Crippen LogP contribution in [-0.4, -0.2) is 33.9 Å². The molecular weight excluding hydrogens is 410 g/mol. The lowest BCUT2D eigenvalue weighted by Crippen LogP contribution is -2.25. The smallest absolute Gasteiger partial charge is 0.262 e. The van der Waals surface area contributed by atoms with Gasteiger partial charge in [-0.25, -0.2) is 4.98 Å². The van der Waals surface area contributed by atoms with Gasteiger partial charge in [-0.2, -0.15) is 0 Å². The Kier molecular flexibility index (Phi) is 5.26. The number of aromatic nitrogens is 2. The molecule has 1 aliphatic rings. The minimum atomic E-state index is -0.444. The third-order valence-corrected chi connectivity index (χ3v) is 7.08. The van der Waals surface area contributed by atoms with Gasteiger partial charge < -0.3 is 14.8 Å². The van der Waals surface area contributed by atoms with Crippen molar-refractivity contribution in [2.75, 3.05) is 18.5 Å². The summed E-state index contributed by atoms with van der Waals surface area (Å²) in [5.41, 5.74) is 1.52. The molecule has 0 bridgehead atoms. The van der Waals surface area contributed by atoms with Crippen molar-refractivity contribution in [3.05, 3.63) is 39.0 Å². The topological polar surface area (TPSA) is 82.4 Å². The fourth-order valence-electron chi connectivity index (χ4n) is 3.04. The standard InChI is InChI=1S/C20H21N3O4S2/c1-10-11(2)28-18-16(10)19(25)23(4)20(22-18)29-12(3)17(24)21-13-5-6-14-15(9-13)27-8-7-26-14/h5-6,9,12H,7-8H2,1-4H3,(H,21,24). The molecule has 1 aromatic carbocycles. The van der Waals surface area contributed by atoms with Crippen LogP contribution in [0.4, 0.5) is 5.69 Å². The first kappa shape index (κ1) is 19.8. The Balaban J connectivity index is 1.53. The molecule has 0 saturated heterocycles. The summed E-state index contributed by atoms with van der Waals surface area (Å²) in [5, 5.41) is 3.63. The highest BCUT2D eigenvalue weighted by Crippen LogP contribution is 2.33. The van der Waals surface area contributed by atoms with Gasteiger partial charge in [0.2, 0.25) is 5.91 Å². The van der Waals surface area contributed by atoms with Crippen molar-refractivity contribution in [2.24, 2.45) is 7.05 Å². The Morgan fingerprint density at radius 3 is 2.76 bits per heavy atom. The van der Waals surface area contributed by atoms with Crippen LogP contribution in [0.2, 0.25) is 0 Å². The molecule has 4 rings (SSSR count). The molecule has 2 aromatic heterocycles. The number of thiophene rings is 1. The predicted molar refractivity (Wildman–Crippen MR) is 116 cm³/mol. The largest absolute Gasteiger partial charge is 0.486 e. The summed E-state index contributed by atoms with van der Waals surface area (Å²) in [4.78, 5) is 31.9. The molecule has 1 amide bonds. The van der Waals surface area contributed by atoms with E-state index >= 15 is 0 Å². The second-order valence-corrected chi connectivity index (χ2v) is 9.34. The second-order valence-electron chi connectivity index (χ2n) is 6.83. The number of nitrogens with zero attached hydrogens (tertiary/aromatic N) is 2. The molecule has 3 heterocycles. The van der Waals surface area contributed by atoms with Crippen molar-refractivity contribution < 1.29 is 14.3 Å². The van der Waals surface area contributed by atoms with Crippen LogP contribution < -0.4 is 20.3 Å². The van der Waals surface area contributed by atoms with Crippen LogP contribution in [0.5, 0.6) is 11.5 Å². The van der Waals surface area contributed by atoms with E-state index in [1.54, 1.807) is 32.2 Å². The van der Waals surface area contributed by atoms with Crippen molar-refractivity contribution in [2.45, 2.75) is 31.2 Å². The van der Waals surface area contributed by atoms with E-state index in [1.165, 1.54) is 27.7 Å². The number of rotatable bonds is 4. The van der Waals surface area contributed by atoms with Gasteiger partial charge in [-0.1, -0.05) is 11.8 Å². The van der Waals surface area contributed by atoms with E-state index in [1.807, 2.05) is 13.8 Å². The van der Waals surface area contributed by atoms with E-state index in [0.717, 1.165) is 10.4 Å². The third-order valence-electron chi connectivity index (χ3n) is 4.83. The minimum absolute atomic E-state index is 0.0844. The van der Waals surface area contributed by atoms with E-state index < -0.39 is 5.25 Å². The van der Waals surface area contributed by atoms with Crippen LogP contribution in [0.3, 0.4) is 0 Å². The highest BCUT2D eigenvalue weighted by Gasteiger charge is 2.21. The molecule has 1 unspecified atom stereocenters. The number of aryl methyl sites for hydroxylation is 2. The number of nitrogens with one attached hydrogen (secondary N) is 1. The monoisotopic (exact) mass is 431 g/mol. The maximum atomic E-state index is 12.8. The number of hydrogen-bond donors (Lipinski definition) is 1. The summed E-state index contributed by atoms with van der Waals surface area (Å²) >= 11 is 2.76. The third kappa shape index (κ3) is 3.72. The summed E-state index contributed by atoms with van der Waals surface area (Å²) in [7, 11) is 1.69. The van der Waals surface area contributed by atoms with Crippen LogP contribution in [0.1, 0.15) is 17.4 Å². The molecule has 9 heteroatoms. The number of amides is 1. The van der Waals surface area contributed by atoms with Crippen LogP contribution in [0.15, 0.2) is 28.2 Å². The first-order valence-electron chi connectivity index (χ1n) is 9.19. The Hall–Kier alpha value is -2.52. The van der Waals surface area contributed by atoms with Crippen molar-refractivity contribution >= 4 is 44.9 Å². The molecule has 3 aromatic rings. The molecule has 0 saturated carbocycles. The van der Waals surface area contributed by atoms with Crippen molar-refractivity contribution in [3.63, 3.8) is 0 Å². The van der Waals surface area contributed by atoms with Crippen LogP contribution in [0.25, 0.3) is 10.2 Å². The molecule has 1 aliphatic heterocycles. The Morgan fingerprint density at radius 2 is 2.00 bits per heavy atom. The van der Waals surface area contributed by atoms with Crippen molar-refractivity contribution in [1.29, 1.82) is 0 Å². The summed E-state index contributed by atoms with van der Waals surface area (Å²) < 4.78 is 12.6. The zero-order chi connectivity index (χ0) is 20.7. The van der Waals surface area contributed by atoms with E-state index in [9.17, 15) is 9.59 Å². The Morgan fingerprint density at radius 1 is 1.28 bits per heavy atom. The summed E-state index contributed by atoms with van der Waals surface area (Å²) in [6.07, 6.45) is 0. The predicted octanol–water partition coefficient (Wildman–Crippen LogP) is 3.50. The second kappa shape index (κ2) is 7.72. The summed E-state index contributed by atoms with van der Waals surface area (Å²) in [5.74, 6) is 1.11. The zero-order valence-corrected chi connectivity index (χ0v) is 18.2. The SMILES string of the molecule is Cc1sc2nc(SC(C)C(=O)Nc3ccc4c(c3)OCCO4)n(C)c(=O)c2c1C. The number of fused-ring (bicyclic) bond motifs is 2. The van der Waals surface area contributed by atoms with Crippen LogP contribution in [0, 0.1) is 13.8 Å². The number of anilines is 1. The van der Waals surface area contributed by atoms with Gasteiger partial charge in [0, 0.05) is 23.7 Å². The first-order chi connectivity index (χ1) is 13.8. The fraction of sp³-hybridized carbons (Fsp3) is 0.350. The fourth-order valence-corrected chi connectivity index (χ4v) is 4.98. The van der Waals surface area contributed by atoms with E-state index in [0.29, 0.717) is 45.8 Å². The summed E-state index contributed by atoms with van der Waals surface area (Å²) in [6, 6.07) is 5.31. The maximum Gasteiger partial charge on any atom is 0.262 e. The number of carbonyl (C=O) groups is 1. The van der Waals surface area contributed by atoms with Gasteiger partial charge in [0.25, 0.3) is 5.56 Å². The number of carbonyl (C=O) groups excluding carboxylic acids is 1. The van der Waals surface area contributed by atoms with Gasteiger partial charge in [-0.3, -0.25) is 14.2 Å². The number of hydrogen-bond acceptors (Lipinski definition) is 7. The molecule has 0 radical (unpaired) electrons. The lowest BCUT2D eigenvalue weighted by molar-refractivity contribution is -0.115. The number of thioether (sulfide) groups is 1. The average molecular weight is 432 g/mol. The quantitative estimate of drug-likeness (QED) is 0.503.